The molecule has 3 N–H and O–H groups in total. The van der Waals surface area contributed by atoms with Crippen LogP contribution < -0.4 is 10.5 Å². The molecule has 0 radical (unpaired) electrons. The molecule has 2 aromatic rings. The Morgan fingerprint density at radius 2 is 1.50 bits per heavy atom. The third-order valence-electron chi connectivity index (χ3n) is 4.77. The number of hydrogen-bond acceptors (Lipinski definition) is 3. The van der Waals surface area contributed by atoms with E-state index in [9.17, 15) is 5.11 Å². The van der Waals surface area contributed by atoms with E-state index in [2.05, 4.69) is 59.7 Å². The van der Waals surface area contributed by atoms with Crippen LogP contribution in [-0.4, -0.2) is 12.2 Å². The standard InChI is InChI=1S/C23H33NO2/c1-22(2,3)18-13-16(14-19(21(18)25)23(4,5)6)20(24)12-15-9-8-10-17(11-15)26-7/h8-11,13-14,20,25H,12,24H2,1-7H3. The third kappa shape index (κ3) is 4.59. The van der Waals surface area contributed by atoms with Gasteiger partial charge < -0.3 is 15.6 Å². The van der Waals surface area contributed by atoms with Gasteiger partial charge in [-0.2, -0.15) is 0 Å². The van der Waals surface area contributed by atoms with Crippen molar-refractivity contribution in [2.24, 2.45) is 5.73 Å². The fourth-order valence-electron chi connectivity index (χ4n) is 3.19. The highest BCUT2D eigenvalue weighted by molar-refractivity contribution is 5.50. The van der Waals surface area contributed by atoms with Crippen molar-refractivity contribution in [3.05, 3.63) is 58.7 Å². The number of benzene rings is 2. The molecule has 0 spiro atoms. The van der Waals surface area contributed by atoms with E-state index in [0.29, 0.717) is 5.75 Å². The monoisotopic (exact) mass is 355 g/mol. The molecule has 0 aliphatic carbocycles. The number of rotatable bonds is 4. The summed E-state index contributed by atoms with van der Waals surface area (Å²) in [5.41, 5.74) is 10.3. The van der Waals surface area contributed by atoms with Crippen LogP contribution in [0.5, 0.6) is 11.5 Å². The van der Waals surface area contributed by atoms with Crippen LogP contribution in [0.25, 0.3) is 0 Å². The maximum atomic E-state index is 10.9. The van der Waals surface area contributed by atoms with Crippen molar-refractivity contribution < 1.29 is 9.84 Å². The minimum atomic E-state index is -0.157. The molecule has 2 aromatic carbocycles. The van der Waals surface area contributed by atoms with Gasteiger partial charge in [-0.15, -0.1) is 0 Å². The van der Waals surface area contributed by atoms with Gasteiger partial charge >= 0.3 is 0 Å². The van der Waals surface area contributed by atoms with Crippen molar-refractivity contribution in [3.8, 4) is 11.5 Å². The topological polar surface area (TPSA) is 55.5 Å². The van der Waals surface area contributed by atoms with Gasteiger partial charge in [0.25, 0.3) is 0 Å². The number of phenols is 1. The Kier molecular flexibility index (Phi) is 5.72. The maximum Gasteiger partial charge on any atom is 0.123 e. The highest BCUT2D eigenvalue weighted by atomic mass is 16.5. The number of hydrogen-bond donors (Lipinski definition) is 2. The molecule has 0 aliphatic rings. The lowest BCUT2D eigenvalue weighted by molar-refractivity contribution is 0.414. The summed E-state index contributed by atoms with van der Waals surface area (Å²) >= 11 is 0. The Morgan fingerprint density at radius 1 is 0.962 bits per heavy atom. The van der Waals surface area contributed by atoms with Gasteiger partial charge in [-0.1, -0.05) is 53.7 Å². The van der Waals surface area contributed by atoms with Gasteiger partial charge in [0.2, 0.25) is 0 Å². The molecule has 0 bridgehead atoms. The summed E-state index contributed by atoms with van der Waals surface area (Å²) < 4.78 is 5.31. The molecule has 2 rings (SSSR count). The number of nitrogens with two attached hydrogens (primary N) is 1. The molecule has 1 unspecified atom stereocenters. The predicted molar refractivity (Wildman–Crippen MR) is 109 cm³/mol. The second kappa shape index (κ2) is 7.32. The molecule has 0 saturated carbocycles. The molecule has 0 saturated heterocycles. The zero-order valence-electron chi connectivity index (χ0n) is 17.2. The Morgan fingerprint density at radius 3 is 1.96 bits per heavy atom. The Bertz CT molecular complexity index is 732. The van der Waals surface area contributed by atoms with E-state index in [-0.39, 0.29) is 16.9 Å². The van der Waals surface area contributed by atoms with Crippen molar-refractivity contribution in [3.63, 3.8) is 0 Å². The molecule has 1 atom stereocenters. The molecule has 26 heavy (non-hydrogen) atoms. The number of phenolic OH excluding ortho intramolecular Hbond substituents is 1. The molecule has 3 heteroatoms. The van der Waals surface area contributed by atoms with E-state index in [0.717, 1.165) is 34.4 Å². The second-order valence-electron chi connectivity index (χ2n) is 9.13. The van der Waals surface area contributed by atoms with Crippen LogP contribution in [0.3, 0.4) is 0 Å². The first-order chi connectivity index (χ1) is 11.9. The van der Waals surface area contributed by atoms with Gasteiger partial charge in [0, 0.05) is 6.04 Å². The van der Waals surface area contributed by atoms with Gasteiger partial charge in [-0.3, -0.25) is 0 Å². The maximum absolute atomic E-state index is 10.9. The highest BCUT2D eigenvalue weighted by Gasteiger charge is 2.27. The lowest BCUT2D eigenvalue weighted by Gasteiger charge is -2.29. The number of aromatic hydroxyl groups is 1. The van der Waals surface area contributed by atoms with Gasteiger partial charge in [0.05, 0.1) is 7.11 Å². The molecular formula is C23H33NO2. The first kappa shape index (κ1) is 20.3. The Balaban J connectivity index is 2.47. The lowest BCUT2D eigenvalue weighted by atomic mass is 9.77. The van der Waals surface area contributed by atoms with Gasteiger partial charge in [0.15, 0.2) is 0 Å². The SMILES string of the molecule is COc1cccc(CC(N)c2cc(C(C)(C)C)c(O)c(C(C)(C)C)c2)c1. The van der Waals surface area contributed by atoms with Crippen molar-refractivity contribution >= 4 is 0 Å². The Labute approximate surface area is 158 Å². The zero-order chi connectivity index (χ0) is 19.7. The van der Waals surface area contributed by atoms with Gasteiger partial charge in [-0.05, 0) is 63.8 Å². The van der Waals surface area contributed by atoms with Crippen LogP contribution in [0.4, 0.5) is 0 Å². The number of ether oxygens (including phenoxy) is 1. The van der Waals surface area contributed by atoms with E-state index in [1.165, 1.54) is 0 Å². The van der Waals surface area contributed by atoms with Crippen LogP contribution in [0, 0.1) is 0 Å². The minimum Gasteiger partial charge on any atom is -0.507 e. The number of methoxy groups -OCH3 is 1. The van der Waals surface area contributed by atoms with E-state index < -0.39 is 0 Å². The summed E-state index contributed by atoms with van der Waals surface area (Å²) in [4.78, 5) is 0. The van der Waals surface area contributed by atoms with E-state index in [1.54, 1.807) is 7.11 Å². The van der Waals surface area contributed by atoms with Crippen molar-refractivity contribution in [2.45, 2.75) is 64.8 Å². The van der Waals surface area contributed by atoms with E-state index >= 15 is 0 Å². The minimum absolute atomic E-state index is 0.148. The van der Waals surface area contributed by atoms with E-state index in [4.69, 9.17) is 10.5 Å². The first-order valence-corrected chi connectivity index (χ1v) is 9.20. The summed E-state index contributed by atoms with van der Waals surface area (Å²) in [7, 11) is 1.67. The van der Waals surface area contributed by atoms with Crippen LogP contribution in [0.2, 0.25) is 0 Å². The first-order valence-electron chi connectivity index (χ1n) is 9.20. The van der Waals surface area contributed by atoms with E-state index in [1.807, 2.05) is 18.2 Å². The lowest BCUT2D eigenvalue weighted by Crippen LogP contribution is -2.21. The van der Waals surface area contributed by atoms with Crippen LogP contribution in [0.15, 0.2) is 36.4 Å². The summed E-state index contributed by atoms with van der Waals surface area (Å²) in [5, 5.41) is 10.9. The molecule has 0 fully saturated rings. The fourth-order valence-corrected chi connectivity index (χ4v) is 3.19. The highest BCUT2D eigenvalue weighted by Crippen LogP contribution is 2.41. The third-order valence-corrected chi connectivity index (χ3v) is 4.77. The molecule has 0 aliphatic heterocycles. The van der Waals surface area contributed by atoms with Crippen molar-refractivity contribution in [1.82, 2.24) is 0 Å². The van der Waals surface area contributed by atoms with Gasteiger partial charge in [-0.25, -0.2) is 0 Å². The summed E-state index contributed by atoms with van der Waals surface area (Å²) in [6.07, 6.45) is 0.717. The summed E-state index contributed by atoms with van der Waals surface area (Å²) in [6, 6.07) is 12.0. The Hall–Kier alpha value is -2.00. The average molecular weight is 356 g/mol. The van der Waals surface area contributed by atoms with Gasteiger partial charge in [0.1, 0.15) is 11.5 Å². The molecule has 0 aromatic heterocycles. The average Bonchev–Trinajstić information content (AvgIpc) is 2.52. The normalized spacial score (nSPS) is 13.5. The molecule has 3 nitrogen and oxygen atoms in total. The predicted octanol–water partition coefficient (Wildman–Crippen LogP) is 5.24. The molecule has 142 valence electrons. The largest absolute Gasteiger partial charge is 0.507 e. The van der Waals surface area contributed by atoms with Crippen LogP contribution in [-0.2, 0) is 17.3 Å². The van der Waals surface area contributed by atoms with Crippen LogP contribution in [0.1, 0.15) is 69.8 Å². The fraction of sp³-hybridized carbons (Fsp3) is 0.478. The van der Waals surface area contributed by atoms with Crippen molar-refractivity contribution in [1.29, 1.82) is 0 Å². The quantitative estimate of drug-likeness (QED) is 0.789. The van der Waals surface area contributed by atoms with Crippen LogP contribution >= 0.6 is 0 Å². The van der Waals surface area contributed by atoms with Crippen molar-refractivity contribution in [2.75, 3.05) is 7.11 Å². The smallest absolute Gasteiger partial charge is 0.123 e. The summed E-state index contributed by atoms with van der Waals surface area (Å²) in [6.45, 7) is 12.7. The molecular weight excluding hydrogens is 322 g/mol. The summed E-state index contributed by atoms with van der Waals surface area (Å²) in [5.74, 6) is 1.23. The second-order valence-corrected chi connectivity index (χ2v) is 9.13. The zero-order valence-corrected chi connectivity index (χ0v) is 17.2. The molecule has 0 heterocycles. The molecule has 0 amide bonds.